The molecule has 0 aliphatic heterocycles. The van der Waals surface area contributed by atoms with Crippen LogP contribution in [0.2, 0.25) is 5.02 Å². The molecule has 0 saturated heterocycles. The Labute approximate surface area is 104 Å². The minimum atomic E-state index is 0.164. The van der Waals surface area contributed by atoms with E-state index in [1.54, 1.807) is 11.8 Å². The van der Waals surface area contributed by atoms with Crippen molar-refractivity contribution in [3.05, 3.63) is 27.2 Å². The van der Waals surface area contributed by atoms with Crippen LogP contribution in [0.5, 0.6) is 0 Å². The molecule has 0 unspecified atom stereocenters. The summed E-state index contributed by atoms with van der Waals surface area (Å²) < 4.78 is 0.982. The van der Waals surface area contributed by atoms with E-state index in [4.69, 9.17) is 11.6 Å². The summed E-state index contributed by atoms with van der Waals surface area (Å²) in [5.41, 5.74) is 1.47. The third kappa shape index (κ3) is 2.68. The van der Waals surface area contributed by atoms with Crippen molar-refractivity contribution >= 4 is 39.3 Å². The molecular weight excluding hydrogens is 280 g/mol. The lowest BCUT2D eigenvalue weighted by molar-refractivity contribution is 0.588. The van der Waals surface area contributed by atoms with Crippen molar-refractivity contribution in [2.75, 3.05) is 6.26 Å². The van der Waals surface area contributed by atoms with Crippen LogP contribution in [0, 0.1) is 0 Å². The van der Waals surface area contributed by atoms with Gasteiger partial charge in [0.05, 0.1) is 5.02 Å². The van der Waals surface area contributed by atoms with Crippen LogP contribution in [0.25, 0.3) is 0 Å². The molecule has 1 aromatic rings. The van der Waals surface area contributed by atoms with Gasteiger partial charge in [-0.1, -0.05) is 32.4 Å². The molecule has 0 spiro atoms. The highest BCUT2D eigenvalue weighted by molar-refractivity contribution is 9.10. The van der Waals surface area contributed by atoms with Gasteiger partial charge in [-0.05, 0) is 45.3 Å². The lowest BCUT2D eigenvalue weighted by atomic mass is 9.87. The Hall–Kier alpha value is 0.340. The molecule has 0 aliphatic rings. The second-order valence-corrected chi connectivity index (χ2v) is 6.30. The van der Waals surface area contributed by atoms with Gasteiger partial charge in [0.1, 0.15) is 0 Å². The van der Waals surface area contributed by atoms with Gasteiger partial charge < -0.3 is 0 Å². The largest absolute Gasteiger partial charge is 0.128 e. The summed E-state index contributed by atoms with van der Waals surface area (Å²) in [4.78, 5) is 1.13. The molecule has 1 aromatic carbocycles. The Balaban J connectivity index is 3.30. The standard InChI is InChI=1S/C11H14BrClS/c1-11(2,3)7-5-8(12)10(13)9(6-7)14-4/h5-6H,1-4H3. The van der Waals surface area contributed by atoms with Gasteiger partial charge in [0, 0.05) is 9.37 Å². The number of halogens is 2. The van der Waals surface area contributed by atoms with Crippen molar-refractivity contribution in [2.45, 2.75) is 31.1 Å². The first kappa shape index (κ1) is 12.4. The minimum absolute atomic E-state index is 0.164. The molecule has 0 radical (unpaired) electrons. The molecule has 0 bridgehead atoms. The first-order valence-corrected chi connectivity index (χ1v) is 6.79. The van der Waals surface area contributed by atoms with Gasteiger partial charge in [0.2, 0.25) is 0 Å². The number of thioether (sulfide) groups is 1. The SMILES string of the molecule is CSc1cc(C(C)(C)C)cc(Br)c1Cl. The lowest BCUT2D eigenvalue weighted by Gasteiger charge is -2.20. The number of rotatable bonds is 1. The van der Waals surface area contributed by atoms with Crippen molar-refractivity contribution in [1.82, 2.24) is 0 Å². The highest BCUT2D eigenvalue weighted by Crippen LogP contribution is 2.36. The summed E-state index contributed by atoms with van der Waals surface area (Å²) in [6, 6.07) is 4.26. The molecule has 0 nitrogen and oxygen atoms in total. The highest BCUT2D eigenvalue weighted by atomic mass is 79.9. The van der Waals surface area contributed by atoms with Gasteiger partial charge in [-0.2, -0.15) is 0 Å². The Morgan fingerprint density at radius 2 is 1.86 bits per heavy atom. The Morgan fingerprint density at radius 1 is 1.29 bits per heavy atom. The zero-order chi connectivity index (χ0) is 10.9. The summed E-state index contributed by atoms with van der Waals surface area (Å²) >= 11 is 11.3. The van der Waals surface area contributed by atoms with Crippen molar-refractivity contribution < 1.29 is 0 Å². The van der Waals surface area contributed by atoms with Crippen LogP contribution >= 0.6 is 39.3 Å². The monoisotopic (exact) mass is 292 g/mol. The van der Waals surface area contributed by atoms with Gasteiger partial charge in [0.15, 0.2) is 0 Å². The molecule has 0 fully saturated rings. The van der Waals surface area contributed by atoms with E-state index in [2.05, 4.69) is 48.8 Å². The average Bonchev–Trinajstić information content (AvgIpc) is 2.07. The summed E-state index contributed by atoms with van der Waals surface area (Å²) in [5, 5.41) is 0.811. The van der Waals surface area contributed by atoms with E-state index in [-0.39, 0.29) is 5.41 Å². The van der Waals surface area contributed by atoms with Crippen LogP contribution in [0.4, 0.5) is 0 Å². The first-order chi connectivity index (χ1) is 6.36. The molecule has 0 N–H and O–H groups in total. The fourth-order valence-electron chi connectivity index (χ4n) is 1.15. The average molecular weight is 294 g/mol. The molecular formula is C11H14BrClS. The highest BCUT2D eigenvalue weighted by Gasteiger charge is 2.16. The second kappa shape index (κ2) is 4.46. The third-order valence-electron chi connectivity index (χ3n) is 2.08. The molecule has 14 heavy (non-hydrogen) atoms. The lowest BCUT2D eigenvalue weighted by Crippen LogP contribution is -2.11. The van der Waals surface area contributed by atoms with E-state index < -0.39 is 0 Å². The Morgan fingerprint density at radius 3 is 2.29 bits per heavy atom. The Kier molecular flexibility index (Phi) is 3.95. The molecule has 0 aliphatic carbocycles. The summed E-state index contributed by atoms with van der Waals surface area (Å²) in [7, 11) is 0. The van der Waals surface area contributed by atoms with Crippen LogP contribution in [0.3, 0.4) is 0 Å². The van der Waals surface area contributed by atoms with Crippen molar-refractivity contribution in [2.24, 2.45) is 0 Å². The Bertz CT molecular complexity index is 342. The molecule has 0 aromatic heterocycles. The van der Waals surface area contributed by atoms with Crippen LogP contribution in [-0.2, 0) is 5.41 Å². The van der Waals surface area contributed by atoms with Crippen LogP contribution in [0.1, 0.15) is 26.3 Å². The zero-order valence-electron chi connectivity index (χ0n) is 8.82. The maximum absolute atomic E-state index is 6.15. The maximum atomic E-state index is 6.15. The zero-order valence-corrected chi connectivity index (χ0v) is 12.0. The first-order valence-electron chi connectivity index (χ1n) is 4.40. The fourth-order valence-corrected chi connectivity index (χ4v) is 2.61. The van der Waals surface area contributed by atoms with E-state index >= 15 is 0 Å². The van der Waals surface area contributed by atoms with Crippen molar-refractivity contribution in [3.63, 3.8) is 0 Å². The van der Waals surface area contributed by atoms with Crippen LogP contribution in [0.15, 0.2) is 21.5 Å². The summed E-state index contributed by atoms with van der Waals surface area (Å²) in [6.45, 7) is 6.60. The molecule has 78 valence electrons. The smallest absolute Gasteiger partial charge is 0.0683 e. The van der Waals surface area contributed by atoms with E-state index in [0.717, 1.165) is 14.4 Å². The maximum Gasteiger partial charge on any atom is 0.0683 e. The van der Waals surface area contributed by atoms with Gasteiger partial charge >= 0.3 is 0 Å². The number of hydrogen-bond donors (Lipinski definition) is 0. The molecule has 0 heterocycles. The molecule has 0 amide bonds. The van der Waals surface area contributed by atoms with Crippen LogP contribution < -0.4 is 0 Å². The summed E-state index contributed by atoms with van der Waals surface area (Å²) in [6.07, 6.45) is 2.04. The third-order valence-corrected chi connectivity index (χ3v) is 4.22. The van der Waals surface area contributed by atoms with E-state index in [1.807, 2.05) is 6.26 Å². The van der Waals surface area contributed by atoms with Gasteiger partial charge in [-0.3, -0.25) is 0 Å². The van der Waals surface area contributed by atoms with E-state index in [9.17, 15) is 0 Å². The minimum Gasteiger partial charge on any atom is -0.128 e. The van der Waals surface area contributed by atoms with E-state index in [0.29, 0.717) is 0 Å². The molecule has 1 rings (SSSR count). The topological polar surface area (TPSA) is 0 Å². The second-order valence-electron chi connectivity index (χ2n) is 4.22. The molecule has 3 heteroatoms. The van der Waals surface area contributed by atoms with Gasteiger partial charge in [-0.25, -0.2) is 0 Å². The quantitative estimate of drug-likeness (QED) is 0.647. The predicted molar refractivity (Wildman–Crippen MR) is 69.6 cm³/mol. The molecule has 0 saturated carbocycles. The summed E-state index contributed by atoms with van der Waals surface area (Å²) in [5.74, 6) is 0. The van der Waals surface area contributed by atoms with Crippen LogP contribution in [-0.4, -0.2) is 6.26 Å². The van der Waals surface area contributed by atoms with Crippen molar-refractivity contribution in [1.29, 1.82) is 0 Å². The van der Waals surface area contributed by atoms with E-state index in [1.165, 1.54) is 5.56 Å². The number of benzene rings is 1. The normalized spacial score (nSPS) is 11.9. The van der Waals surface area contributed by atoms with Gasteiger partial charge in [-0.15, -0.1) is 11.8 Å². The fraction of sp³-hybridized carbons (Fsp3) is 0.455. The number of hydrogen-bond acceptors (Lipinski definition) is 1. The van der Waals surface area contributed by atoms with Gasteiger partial charge in [0.25, 0.3) is 0 Å². The molecule has 0 atom stereocenters. The predicted octanol–water partition coefficient (Wildman–Crippen LogP) is 5.12. The van der Waals surface area contributed by atoms with Crippen molar-refractivity contribution in [3.8, 4) is 0 Å².